The highest BCUT2D eigenvalue weighted by atomic mass is 16.2. The molecule has 9 heteroatoms. The van der Waals surface area contributed by atoms with Crippen molar-refractivity contribution in [2.24, 2.45) is 5.92 Å². The van der Waals surface area contributed by atoms with E-state index in [0.29, 0.717) is 30.9 Å². The van der Waals surface area contributed by atoms with Gasteiger partial charge < -0.3 is 10.2 Å². The Morgan fingerprint density at radius 1 is 1.06 bits per heavy atom. The summed E-state index contributed by atoms with van der Waals surface area (Å²) >= 11 is 0. The molecule has 0 atom stereocenters. The third kappa shape index (κ3) is 5.11. The van der Waals surface area contributed by atoms with Crippen molar-refractivity contribution in [3.63, 3.8) is 0 Å². The molecule has 1 aromatic carbocycles. The molecular formula is C22H24N6O3. The first-order valence-corrected chi connectivity index (χ1v) is 10.3. The molecule has 3 heterocycles. The largest absolute Gasteiger partial charge is 0.341 e. The summed E-state index contributed by atoms with van der Waals surface area (Å²) in [6.07, 6.45) is 5.15. The second kappa shape index (κ2) is 9.03. The molecule has 1 fully saturated rings. The molecule has 1 aliphatic rings. The molecule has 3 aromatic rings. The highest BCUT2D eigenvalue weighted by Gasteiger charge is 2.25. The lowest BCUT2D eigenvalue weighted by Crippen LogP contribution is -2.42. The number of nitrogens with zero attached hydrogens (tertiary/aromatic N) is 5. The van der Waals surface area contributed by atoms with Gasteiger partial charge in [0.05, 0.1) is 16.7 Å². The van der Waals surface area contributed by atoms with E-state index in [-0.39, 0.29) is 29.8 Å². The molecule has 0 spiro atoms. The maximum atomic E-state index is 12.5. The van der Waals surface area contributed by atoms with Crippen LogP contribution in [0.15, 0.2) is 47.5 Å². The molecule has 4 rings (SSSR count). The van der Waals surface area contributed by atoms with E-state index in [1.54, 1.807) is 30.3 Å². The number of carbonyl (C=O) groups is 2. The summed E-state index contributed by atoms with van der Waals surface area (Å²) < 4.78 is 1.20. The minimum atomic E-state index is -0.287. The van der Waals surface area contributed by atoms with Gasteiger partial charge in [-0.25, -0.2) is 4.68 Å². The molecule has 0 saturated carbocycles. The van der Waals surface area contributed by atoms with Crippen LogP contribution in [0.3, 0.4) is 0 Å². The Bertz CT molecular complexity index is 1170. The van der Waals surface area contributed by atoms with Crippen LogP contribution in [-0.4, -0.2) is 49.6 Å². The highest BCUT2D eigenvalue weighted by Crippen LogP contribution is 2.22. The normalized spacial score (nSPS) is 14.5. The van der Waals surface area contributed by atoms with Crippen LogP contribution in [0.1, 0.15) is 25.0 Å². The SMILES string of the molecule is Cc1ccc(=O)n(CC(=O)N2CCC(CC(=O)Nc3ccc4nccnc4c3)CC2)n1. The minimum Gasteiger partial charge on any atom is -0.341 e. The number of benzene rings is 1. The zero-order chi connectivity index (χ0) is 21.8. The first-order chi connectivity index (χ1) is 15.0. The van der Waals surface area contributed by atoms with E-state index >= 15 is 0 Å². The van der Waals surface area contributed by atoms with Gasteiger partial charge in [0, 0.05) is 43.7 Å². The summed E-state index contributed by atoms with van der Waals surface area (Å²) in [4.78, 5) is 47.1. The maximum absolute atomic E-state index is 12.5. The number of carbonyl (C=O) groups excluding carboxylic acids is 2. The first kappa shape index (κ1) is 20.6. The van der Waals surface area contributed by atoms with Crippen LogP contribution in [0.2, 0.25) is 0 Å². The highest BCUT2D eigenvalue weighted by molar-refractivity contribution is 5.93. The molecule has 0 aliphatic carbocycles. The number of likely N-dealkylation sites (tertiary alicyclic amines) is 1. The predicted octanol–water partition coefficient (Wildman–Crippen LogP) is 1.76. The van der Waals surface area contributed by atoms with Crippen molar-refractivity contribution in [1.29, 1.82) is 0 Å². The number of rotatable bonds is 5. The summed E-state index contributed by atoms with van der Waals surface area (Å²) in [5.74, 6) is 0.0352. The molecule has 31 heavy (non-hydrogen) atoms. The van der Waals surface area contributed by atoms with Gasteiger partial charge in [-0.2, -0.15) is 5.10 Å². The molecule has 9 nitrogen and oxygen atoms in total. The smallest absolute Gasteiger partial charge is 0.267 e. The topological polar surface area (TPSA) is 110 Å². The van der Waals surface area contributed by atoms with Crippen LogP contribution >= 0.6 is 0 Å². The molecule has 160 valence electrons. The predicted molar refractivity (Wildman–Crippen MR) is 115 cm³/mol. The van der Waals surface area contributed by atoms with E-state index in [1.165, 1.54) is 10.7 Å². The Labute approximate surface area is 179 Å². The number of amides is 2. The van der Waals surface area contributed by atoms with Gasteiger partial charge in [-0.1, -0.05) is 0 Å². The number of aromatic nitrogens is 4. The number of aryl methyl sites for hydroxylation is 1. The lowest BCUT2D eigenvalue weighted by Gasteiger charge is -2.31. The van der Waals surface area contributed by atoms with Crippen LogP contribution in [0, 0.1) is 12.8 Å². The molecule has 2 aromatic heterocycles. The fraction of sp³-hybridized carbons (Fsp3) is 0.364. The molecule has 2 amide bonds. The fourth-order valence-corrected chi connectivity index (χ4v) is 3.79. The number of hydrogen-bond acceptors (Lipinski definition) is 6. The second-order valence-electron chi connectivity index (χ2n) is 7.81. The van der Waals surface area contributed by atoms with Gasteiger partial charge in [0.2, 0.25) is 11.8 Å². The Kier molecular flexibility index (Phi) is 6.01. The third-order valence-electron chi connectivity index (χ3n) is 5.48. The van der Waals surface area contributed by atoms with Crippen molar-refractivity contribution >= 4 is 28.5 Å². The average molecular weight is 420 g/mol. The van der Waals surface area contributed by atoms with E-state index in [9.17, 15) is 14.4 Å². The molecule has 1 N–H and O–H groups in total. The van der Waals surface area contributed by atoms with Crippen LogP contribution in [-0.2, 0) is 16.1 Å². The Hall–Kier alpha value is -3.62. The first-order valence-electron chi connectivity index (χ1n) is 10.3. The van der Waals surface area contributed by atoms with Crippen LogP contribution in [0.4, 0.5) is 5.69 Å². The second-order valence-corrected chi connectivity index (χ2v) is 7.81. The Morgan fingerprint density at radius 3 is 2.58 bits per heavy atom. The molecule has 0 unspecified atom stereocenters. The number of fused-ring (bicyclic) bond motifs is 1. The molecular weight excluding hydrogens is 396 g/mol. The minimum absolute atomic E-state index is 0.0523. The lowest BCUT2D eigenvalue weighted by molar-refractivity contribution is -0.133. The van der Waals surface area contributed by atoms with Gasteiger partial charge in [-0.05, 0) is 49.9 Å². The van der Waals surface area contributed by atoms with Crippen LogP contribution in [0.25, 0.3) is 11.0 Å². The van der Waals surface area contributed by atoms with Gasteiger partial charge in [0.25, 0.3) is 5.56 Å². The van der Waals surface area contributed by atoms with Crippen molar-refractivity contribution < 1.29 is 9.59 Å². The van der Waals surface area contributed by atoms with Crippen LogP contribution in [0.5, 0.6) is 0 Å². The monoisotopic (exact) mass is 420 g/mol. The van der Waals surface area contributed by atoms with Gasteiger partial charge in [0.1, 0.15) is 6.54 Å². The summed E-state index contributed by atoms with van der Waals surface area (Å²) in [5.41, 5.74) is 2.61. The van der Waals surface area contributed by atoms with Crippen molar-refractivity contribution in [1.82, 2.24) is 24.6 Å². The number of anilines is 1. The van der Waals surface area contributed by atoms with Crippen molar-refractivity contribution in [2.75, 3.05) is 18.4 Å². The quantitative estimate of drug-likeness (QED) is 0.674. The average Bonchev–Trinajstić information content (AvgIpc) is 2.76. The zero-order valence-electron chi connectivity index (χ0n) is 17.3. The van der Waals surface area contributed by atoms with E-state index < -0.39 is 0 Å². The molecule has 1 aliphatic heterocycles. The fourth-order valence-electron chi connectivity index (χ4n) is 3.79. The van der Waals surface area contributed by atoms with E-state index in [2.05, 4.69) is 20.4 Å². The lowest BCUT2D eigenvalue weighted by atomic mass is 9.93. The van der Waals surface area contributed by atoms with Gasteiger partial charge in [-0.3, -0.25) is 24.4 Å². The third-order valence-corrected chi connectivity index (χ3v) is 5.48. The summed E-state index contributed by atoms with van der Waals surface area (Å²) in [7, 11) is 0. The molecule has 0 bridgehead atoms. The Balaban J connectivity index is 1.27. The van der Waals surface area contributed by atoms with E-state index in [4.69, 9.17) is 0 Å². The number of hydrogen-bond donors (Lipinski definition) is 1. The van der Waals surface area contributed by atoms with E-state index in [0.717, 1.165) is 23.9 Å². The number of piperidine rings is 1. The van der Waals surface area contributed by atoms with Crippen molar-refractivity contribution in [3.8, 4) is 0 Å². The molecule has 1 saturated heterocycles. The van der Waals surface area contributed by atoms with Gasteiger partial charge >= 0.3 is 0 Å². The summed E-state index contributed by atoms with van der Waals surface area (Å²) in [5, 5.41) is 7.04. The zero-order valence-corrected chi connectivity index (χ0v) is 17.3. The number of nitrogens with one attached hydrogen (secondary N) is 1. The summed E-state index contributed by atoms with van der Waals surface area (Å²) in [6.45, 7) is 2.87. The van der Waals surface area contributed by atoms with Crippen molar-refractivity contribution in [3.05, 3.63) is 58.8 Å². The Morgan fingerprint density at radius 2 is 1.81 bits per heavy atom. The maximum Gasteiger partial charge on any atom is 0.267 e. The van der Waals surface area contributed by atoms with Gasteiger partial charge in [0.15, 0.2) is 0 Å². The molecule has 0 radical (unpaired) electrons. The van der Waals surface area contributed by atoms with Gasteiger partial charge in [-0.15, -0.1) is 0 Å². The van der Waals surface area contributed by atoms with Crippen molar-refractivity contribution in [2.45, 2.75) is 32.7 Å². The standard InChI is InChI=1S/C22H24N6O3/c1-15-2-5-21(30)28(26-15)14-22(31)27-10-6-16(7-11-27)12-20(29)25-17-3-4-18-19(13-17)24-9-8-23-18/h2-5,8-9,13,16H,6-7,10-12,14H2,1H3,(H,25,29). The van der Waals surface area contributed by atoms with E-state index in [1.807, 2.05) is 18.2 Å². The van der Waals surface area contributed by atoms with Crippen LogP contribution < -0.4 is 10.9 Å². The summed E-state index contributed by atoms with van der Waals surface area (Å²) in [6, 6.07) is 8.50.